The lowest BCUT2D eigenvalue weighted by Crippen LogP contribution is -2.62. The largest absolute Gasteiger partial charge is 0.334 e. The Morgan fingerprint density at radius 3 is 1.92 bits per heavy atom. The van der Waals surface area contributed by atoms with Crippen molar-refractivity contribution in [3.8, 4) is 0 Å². The summed E-state index contributed by atoms with van der Waals surface area (Å²) in [6.45, 7) is 4.61. The number of rotatable bonds is 4. The number of hydrogen-bond donors (Lipinski definition) is 0. The van der Waals surface area contributed by atoms with Crippen LogP contribution < -0.4 is 4.90 Å². The van der Waals surface area contributed by atoms with Crippen molar-refractivity contribution in [1.29, 1.82) is 0 Å². The van der Waals surface area contributed by atoms with Crippen LogP contribution in [0.25, 0.3) is 0 Å². The molecule has 2 aromatic rings. The van der Waals surface area contributed by atoms with E-state index in [4.69, 9.17) is 0 Å². The summed E-state index contributed by atoms with van der Waals surface area (Å²) in [5, 5.41) is 0. The summed E-state index contributed by atoms with van der Waals surface area (Å²) in [6.07, 6.45) is -0.443. The van der Waals surface area contributed by atoms with Gasteiger partial charge in [0.15, 0.2) is 0 Å². The molecule has 1 fully saturated rings. The monoisotopic (exact) mass is 323 g/mol. The van der Waals surface area contributed by atoms with Crippen LogP contribution in [-0.4, -0.2) is 35.0 Å². The minimum atomic E-state index is -0.443. The highest BCUT2D eigenvalue weighted by Gasteiger charge is 2.44. The standard InChI is InChI=1S/C19H21N3O2/c1-3-20-17(15-11-7-5-8-12-15)22(16-13-9-6-10-14-16)19(24)21(4-2)18(20)23/h5-14,17H,3-4H2,1-2H3. The van der Waals surface area contributed by atoms with Gasteiger partial charge in [0.1, 0.15) is 6.17 Å². The highest BCUT2D eigenvalue weighted by atomic mass is 16.2. The summed E-state index contributed by atoms with van der Waals surface area (Å²) >= 11 is 0. The molecule has 0 spiro atoms. The average molecular weight is 323 g/mol. The molecule has 0 saturated carbocycles. The number of hydrogen-bond acceptors (Lipinski definition) is 2. The number of benzene rings is 2. The molecule has 24 heavy (non-hydrogen) atoms. The van der Waals surface area contributed by atoms with Crippen LogP contribution in [0.15, 0.2) is 60.7 Å². The Kier molecular flexibility index (Phi) is 4.51. The minimum Gasteiger partial charge on any atom is -0.299 e. The van der Waals surface area contributed by atoms with Crippen molar-refractivity contribution in [1.82, 2.24) is 9.80 Å². The Morgan fingerprint density at radius 2 is 1.38 bits per heavy atom. The van der Waals surface area contributed by atoms with Gasteiger partial charge in [0, 0.05) is 18.8 Å². The van der Waals surface area contributed by atoms with Crippen LogP contribution in [0.3, 0.4) is 0 Å². The molecule has 1 atom stereocenters. The van der Waals surface area contributed by atoms with Crippen molar-refractivity contribution in [2.75, 3.05) is 18.0 Å². The second-order valence-electron chi connectivity index (χ2n) is 5.59. The molecule has 124 valence electrons. The van der Waals surface area contributed by atoms with E-state index < -0.39 is 6.17 Å². The Hall–Kier alpha value is -2.82. The van der Waals surface area contributed by atoms with Gasteiger partial charge in [-0.1, -0.05) is 48.5 Å². The fourth-order valence-electron chi connectivity index (χ4n) is 3.09. The van der Waals surface area contributed by atoms with Crippen molar-refractivity contribution >= 4 is 17.7 Å². The summed E-state index contributed by atoms with van der Waals surface area (Å²) in [4.78, 5) is 30.5. The third-order valence-corrected chi connectivity index (χ3v) is 4.24. The number of imide groups is 1. The summed E-state index contributed by atoms with van der Waals surface area (Å²) < 4.78 is 0. The predicted molar refractivity (Wildman–Crippen MR) is 93.7 cm³/mol. The lowest BCUT2D eigenvalue weighted by atomic mass is 10.1. The van der Waals surface area contributed by atoms with Crippen LogP contribution in [0.5, 0.6) is 0 Å². The quantitative estimate of drug-likeness (QED) is 0.850. The van der Waals surface area contributed by atoms with E-state index in [-0.39, 0.29) is 12.1 Å². The van der Waals surface area contributed by atoms with Crippen LogP contribution in [0.1, 0.15) is 25.6 Å². The van der Waals surface area contributed by atoms with E-state index in [9.17, 15) is 9.59 Å². The zero-order chi connectivity index (χ0) is 17.1. The lowest BCUT2D eigenvalue weighted by molar-refractivity contribution is 0.120. The number of nitrogens with zero attached hydrogens (tertiary/aromatic N) is 3. The van der Waals surface area contributed by atoms with Gasteiger partial charge in [-0.25, -0.2) is 14.5 Å². The van der Waals surface area contributed by atoms with Gasteiger partial charge in [0.25, 0.3) is 0 Å². The van der Waals surface area contributed by atoms with Gasteiger partial charge in [-0.2, -0.15) is 0 Å². The van der Waals surface area contributed by atoms with Crippen LogP contribution in [0.2, 0.25) is 0 Å². The molecule has 0 aromatic heterocycles. The fraction of sp³-hybridized carbons (Fsp3) is 0.263. The van der Waals surface area contributed by atoms with Gasteiger partial charge in [0.05, 0.1) is 0 Å². The fourth-order valence-corrected chi connectivity index (χ4v) is 3.09. The van der Waals surface area contributed by atoms with E-state index in [1.807, 2.05) is 74.5 Å². The number of urea groups is 2. The summed E-state index contributed by atoms with van der Waals surface area (Å²) in [6, 6.07) is 18.6. The zero-order valence-electron chi connectivity index (χ0n) is 13.9. The van der Waals surface area contributed by atoms with Crippen molar-refractivity contribution in [2.45, 2.75) is 20.0 Å². The molecule has 1 heterocycles. The summed E-state index contributed by atoms with van der Waals surface area (Å²) in [5.74, 6) is 0. The maximum Gasteiger partial charge on any atom is 0.334 e. The molecule has 1 saturated heterocycles. The van der Waals surface area contributed by atoms with Gasteiger partial charge in [-0.3, -0.25) is 9.80 Å². The molecule has 4 amide bonds. The van der Waals surface area contributed by atoms with E-state index in [1.54, 1.807) is 9.80 Å². The molecular formula is C19H21N3O2. The second kappa shape index (κ2) is 6.74. The normalized spacial score (nSPS) is 18.2. The van der Waals surface area contributed by atoms with Gasteiger partial charge < -0.3 is 0 Å². The van der Waals surface area contributed by atoms with Crippen molar-refractivity contribution in [3.63, 3.8) is 0 Å². The highest BCUT2D eigenvalue weighted by Crippen LogP contribution is 2.35. The number of amides is 4. The van der Waals surface area contributed by atoms with E-state index in [0.29, 0.717) is 13.1 Å². The first-order chi connectivity index (χ1) is 11.7. The van der Waals surface area contributed by atoms with Crippen LogP contribution in [0, 0.1) is 0 Å². The maximum atomic E-state index is 13.0. The Balaban J connectivity index is 2.15. The number of carbonyl (C=O) groups is 2. The molecule has 0 bridgehead atoms. The molecule has 5 nitrogen and oxygen atoms in total. The van der Waals surface area contributed by atoms with Crippen molar-refractivity contribution in [2.24, 2.45) is 0 Å². The SMILES string of the molecule is CCN1C(=O)N(CC)C(c2ccccc2)N(c2ccccc2)C1=O. The predicted octanol–water partition coefficient (Wildman–Crippen LogP) is 4.09. The molecule has 3 rings (SSSR count). The van der Waals surface area contributed by atoms with E-state index in [0.717, 1.165) is 11.3 Å². The smallest absolute Gasteiger partial charge is 0.299 e. The molecule has 1 unspecified atom stereocenters. The third-order valence-electron chi connectivity index (χ3n) is 4.24. The first-order valence-corrected chi connectivity index (χ1v) is 8.20. The highest BCUT2D eigenvalue weighted by molar-refractivity contribution is 6.05. The number of carbonyl (C=O) groups excluding carboxylic acids is 2. The molecule has 0 N–H and O–H groups in total. The van der Waals surface area contributed by atoms with Gasteiger partial charge in [0.2, 0.25) is 0 Å². The molecular weight excluding hydrogens is 302 g/mol. The van der Waals surface area contributed by atoms with Crippen LogP contribution >= 0.6 is 0 Å². The van der Waals surface area contributed by atoms with Crippen molar-refractivity contribution in [3.05, 3.63) is 66.2 Å². The van der Waals surface area contributed by atoms with Crippen molar-refractivity contribution < 1.29 is 9.59 Å². The molecule has 0 aliphatic carbocycles. The van der Waals surface area contributed by atoms with E-state index >= 15 is 0 Å². The maximum absolute atomic E-state index is 13.0. The van der Waals surface area contributed by atoms with E-state index in [2.05, 4.69) is 0 Å². The summed E-state index contributed by atoms with van der Waals surface area (Å²) in [5.41, 5.74) is 1.70. The van der Waals surface area contributed by atoms with Gasteiger partial charge >= 0.3 is 12.1 Å². The molecule has 0 radical (unpaired) electrons. The average Bonchev–Trinajstić information content (AvgIpc) is 2.63. The Bertz CT molecular complexity index is 718. The Labute approximate surface area is 142 Å². The van der Waals surface area contributed by atoms with Crippen LogP contribution in [-0.2, 0) is 0 Å². The molecule has 1 aliphatic rings. The van der Waals surface area contributed by atoms with Crippen LogP contribution in [0.4, 0.5) is 15.3 Å². The summed E-state index contributed by atoms with van der Waals surface area (Å²) in [7, 11) is 0. The number of para-hydroxylation sites is 1. The lowest BCUT2D eigenvalue weighted by Gasteiger charge is -2.47. The molecule has 2 aromatic carbocycles. The molecule has 1 aliphatic heterocycles. The first-order valence-electron chi connectivity index (χ1n) is 8.20. The van der Waals surface area contributed by atoms with Gasteiger partial charge in [-0.15, -0.1) is 0 Å². The minimum absolute atomic E-state index is 0.244. The number of anilines is 1. The van der Waals surface area contributed by atoms with E-state index in [1.165, 1.54) is 4.90 Å². The third kappa shape index (κ3) is 2.62. The topological polar surface area (TPSA) is 43.9 Å². The second-order valence-corrected chi connectivity index (χ2v) is 5.59. The first kappa shape index (κ1) is 16.1. The zero-order valence-corrected chi connectivity index (χ0v) is 13.9. The molecule has 5 heteroatoms. The van der Waals surface area contributed by atoms with Gasteiger partial charge in [-0.05, 0) is 31.5 Å². The Morgan fingerprint density at radius 1 is 0.792 bits per heavy atom.